The minimum Gasteiger partial charge on any atom is -0.385 e. The maximum Gasteiger partial charge on any atom is 0.150 e. The molecule has 0 saturated heterocycles. The monoisotopic (exact) mass is 175 g/mol. The molecule has 0 bridgehead atoms. The topological polar surface area (TPSA) is 29.1 Å². The second-order valence-electron chi connectivity index (χ2n) is 3.42. The highest BCUT2D eigenvalue weighted by Gasteiger charge is 2.06. The summed E-state index contributed by atoms with van der Waals surface area (Å²) in [6.45, 7) is 1.05. The van der Waals surface area contributed by atoms with Gasteiger partial charge < -0.3 is 5.32 Å². The maximum atomic E-state index is 10.6. The standard InChI is InChI=1S/C11H13NO/c13-8-9-4-5-11-10(7-9)3-1-2-6-12-11/h4-5,7-8,12H,1-3,6H2. The molecule has 13 heavy (non-hydrogen) atoms. The Morgan fingerprint density at radius 1 is 1.31 bits per heavy atom. The molecule has 1 N–H and O–H groups in total. The summed E-state index contributed by atoms with van der Waals surface area (Å²) in [4.78, 5) is 10.6. The van der Waals surface area contributed by atoms with E-state index in [0.29, 0.717) is 0 Å². The van der Waals surface area contributed by atoms with E-state index in [4.69, 9.17) is 0 Å². The van der Waals surface area contributed by atoms with Gasteiger partial charge in [0, 0.05) is 17.8 Å². The van der Waals surface area contributed by atoms with E-state index in [9.17, 15) is 4.79 Å². The van der Waals surface area contributed by atoms with Crippen molar-refractivity contribution in [2.75, 3.05) is 11.9 Å². The number of hydrogen-bond donors (Lipinski definition) is 1. The molecule has 1 aliphatic rings. The van der Waals surface area contributed by atoms with Gasteiger partial charge in [-0.1, -0.05) is 0 Å². The van der Waals surface area contributed by atoms with Gasteiger partial charge in [0.1, 0.15) is 6.29 Å². The fourth-order valence-electron chi connectivity index (χ4n) is 1.73. The zero-order chi connectivity index (χ0) is 9.10. The van der Waals surface area contributed by atoms with Crippen LogP contribution in [0, 0.1) is 0 Å². The average molecular weight is 175 g/mol. The van der Waals surface area contributed by atoms with E-state index in [0.717, 1.165) is 24.8 Å². The van der Waals surface area contributed by atoms with Crippen LogP contribution in [0.4, 0.5) is 5.69 Å². The molecule has 1 aromatic rings. The fraction of sp³-hybridized carbons (Fsp3) is 0.364. The molecule has 1 aromatic carbocycles. The lowest BCUT2D eigenvalue weighted by atomic mass is 10.1. The lowest BCUT2D eigenvalue weighted by Gasteiger charge is -2.06. The van der Waals surface area contributed by atoms with Crippen molar-refractivity contribution in [3.8, 4) is 0 Å². The van der Waals surface area contributed by atoms with Gasteiger partial charge in [0.05, 0.1) is 0 Å². The van der Waals surface area contributed by atoms with Gasteiger partial charge in [0.15, 0.2) is 0 Å². The Hall–Kier alpha value is -1.31. The predicted octanol–water partition coefficient (Wildman–Crippen LogP) is 2.25. The second-order valence-corrected chi connectivity index (χ2v) is 3.42. The van der Waals surface area contributed by atoms with Crippen molar-refractivity contribution >= 4 is 12.0 Å². The predicted molar refractivity (Wildman–Crippen MR) is 53.3 cm³/mol. The first-order valence-electron chi connectivity index (χ1n) is 4.72. The van der Waals surface area contributed by atoms with Gasteiger partial charge >= 0.3 is 0 Å². The molecule has 0 fully saturated rings. The van der Waals surface area contributed by atoms with Crippen molar-refractivity contribution in [1.29, 1.82) is 0 Å². The van der Waals surface area contributed by atoms with Crippen molar-refractivity contribution < 1.29 is 4.79 Å². The number of rotatable bonds is 1. The Balaban J connectivity index is 2.37. The Kier molecular flexibility index (Phi) is 2.30. The summed E-state index contributed by atoms with van der Waals surface area (Å²) < 4.78 is 0. The number of fused-ring (bicyclic) bond motifs is 1. The first kappa shape index (κ1) is 8.30. The fourth-order valence-corrected chi connectivity index (χ4v) is 1.73. The molecule has 1 aliphatic heterocycles. The molecule has 2 rings (SSSR count). The number of aryl methyl sites for hydroxylation is 1. The zero-order valence-corrected chi connectivity index (χ0v) is 7.55. The summed E-state index contributed by atoms with van der Waals surface area (Å²) in [5.74, 6) is 0. The van der Waals surface area contributed by atoms with Gasteiger partial charge in [-0.3, -0.25) is 4.79 Å². The first-order chi connectivity index (χ1) is 6.40. The summed E-state index contributed by atoms with van der Waals surface area (Å²) in [5, 5.41) is 3.36. The number of nitrogens with one attached hydrogen (secondary N) is 1. The van der Waals surface area contributed by atoms with E-state index in [1.165, 1.54) is 24.1 Å². The van der Waals surface area contributed by atoms with Crippen LogP contribution in [-0.2, 0) is 6.42 Å². The van der Waals surface area contributed by atoms with Gasteiger partial charge in [-0.05, 0) is 43.0 Å². The van der Waals surface area contributed by atoms with Crippen molar-refractivity contribution in [1.82, 2.24) is 0 Å². The highest BCUT2D eigenvalue weighted by Crippen LogP contribution is 2.21. The Morgan fingerprint density at radius 3 is 3.08 bits per heavy atom. The second kappa shape index (κ2) is 3.60. The zero-order valence-electron chi connectivity index (χ0n) is 7.55. The molecule has 0 unspecified atom stereocenters. The van der Waals surface area contributed by atoms with Gasteiger partial charge in [-0.15, -0.1) is 0 Å². The number of benzene rings is 1. The highest BCUT2D eigenvalue weighted by molar-refractivity contribution is 5.76. The van der Waals surface area contributed by atoms with Crippen LogP contribution in [0.25, 0.3) is 0 Å². The van der Waals surface area contributed by atoms with Crippen molar-refractivity contribution in [2.24, 2.45) is 0 Å². The van der Waals surface area contributed by atoms with E-state index >= 15 is 0 Å². The van der Waals surface area contributed by atoms with Crippen LogP contribution in [0.2, 0.25) is 0 Å². The van der Waals surface area contributed by atoms with Crippen molar-refractivity contribution in [3.63, 3.8) is 0 Å². The third-order valence-corrected chi connectivity index (χ3v) is 2.45. The summed E-state index contributed by atoms with van der Waals surface area (Å²) in [7, 11) is 0. The molecular weight excluding hydrogens is 162 g/mol. The number of carbonyl (C=O) groups excluding carboxylic acids is 1. The molecule has 0 aliphatic carbocycles. The largest absolute Gasteiger partial charge is 0.385 e. The third-order valence-electron chi connectivity index (χ3n) is 2.45. The van der Waals surface area contributed by atoms with E-state index in [2.05, 4.69) is 5.32 Å². The average Bonchev–Trinajstić information content (AvgIpc) is 2.41. The van der Waals surface area contributed by atoms with E-state index in [1.54, 1.807) is 0 Å². The van der Waals surface area contributed by atoms with Crippen LogP contribution < -0.4 is 5.32 Å². The smallest absolute Gasteiger partial charge is 0.150 e. The van der Waals surface area contributed by atoms with Crippen LogP contribution in [0.3, 0.4) is 0 Å². The number of carbonyl (C=O) groups is 1. The molecule has 0 amide bonds. The van der Waals surface area contributed by atoms with Crippen LogP contribution in [0.1, 0.15) is 28.8 Å². The normalized spacial score (nSPS) is 15.4. The number of aldehydes is 1. The summed E-state index contributed by atoms with van der Waals surface area (Å²) >= 11 is 0. The van der Waals surface area contributed by atoms with E-state index in [1.807, 2.05) is 18.2 Å². The maximum absolute atomic E-state index is 10.6. The Bertz CT molecular complexity index is 320. The quantitative estimate of drug-likeness (QED) is 0.663. The molecule has 0 spiro atoms. The molecule has 1 heterocycles. The molecule has 0 saturated carbocycles. The Labute approximate surface area is 78.0 Å². The SMILES string of the molecule is O=Cc1ccc2c(c1)CCCCN2. The van der Waals surface area contributed by atoms with Gasteiger partial charge in [-0.2, -0.15) is 0 Å². The van der Waals surface area contributed by atoms with E-state index < -0.39 is 0 Å². The van der Waals surface area contributed by atoms with Crippen LogP contribution in [0.15, 0.2) is 18.2 Å². The van der Waals surface area contributed by atoms with Crippen molar-refractivity contribution in [2.45, 2.75) is 19.3 Å². The molecular formula is C11H13NO. The van der Waals surface area contributed by atoms with Crippen LogP contribution in [-0.4, -0.2) is 12.8 Å². The van der Waals surface area contributed by atoms with Gasteiger partial charge in [-0.25, -0.2) is 0 Å². The van der Waals surface area contributed by atoms with Crippen molar-refractivity contribution in [3.05, 3.63) is 29.3 Å². The van der Waals surface area contributed by atoms with Crippen LogP contribution in [0.5, 0.6) is 0 Å². The molecule has 0 radical (unpaired) electrons. The molecule has 68 valence electrons. The summed E-state index contributed by atoms with van der Waals surface area (Å²) in [6.07, 6.45) is 4.42. The summed E-state index contributed by atoms with van der Waals surface area (Å²) in [5.41, 5.74) is 3.26. The van der Waals surface area contributed by atoms with Gasteiger partial charge in [0.2, 0.25) is 0 Å². The number of hydrogen-bond acceptors (Lipinski definition) is 2. The Morgan fingerprint density at radius 2 is 2.23 bits per heavy atom. The lowest BCUT2D eigenvalue weighted by molar-refractivity contribution is 0.112. The molecule has 0 atom stereocenters. The lowest BCUT2D eigenvalue weighted by Crippen LogP contribution is -1.99. The molecule has 2 nitrogen and oxygen atoms in total. The summed E-state index contributed by atoms with van der Waals surface area (Å²) in [6, 6.07) is 5.86. The minimum absolute atomic E-state index is 0.780. The van der Waals surface area contributed by atoms with E-state index in [-0.39, 0.29) is 0 Å². The first-order valence-corrected chi connectivity index (χ1v) is 4.72. The number of anilines is 1. The third kappa shape index (κ3) is 1.72. The molecule has 2 heteroatoms. The van der Waals surface area contributed by atoms with Gasteiger partial charge in [0.25, 0.3) is 0 Å². The molecule has 0 aromatic heterocycles. The van der Waals surface area contributed by atoms with Crippen LogP contribution >= 0.6 is 0 Å². The minimum atomic E-state index is 0.780. The highest BCUT2D eigenvalue weighted by atomic mass is 16.1.